The Morgan fingerprint density at radius 2 is 2.12 bits per heavy atom. The molecule has 6 heteroatoms. The number of carbonyl (C=O) groups is 1. The first-order valence-electron chi connectivity index (χ1n) is 4.58. The van der Waals surface area contributed by atoms with Gasteiger partial charge in [0.1, 0.15) is 5.82 Å². The summed E-state index contributed by atoms with van der Waals surface area (Å²) in [6, 6.07) is 7.17. The highest BCUT2D eigenvalue weighted by Gasteiger charge is 2.12. The Balaban J connectivity index is 2.18. The predicted octanol–water partition coefficient (Wildman–Crippen LogP) is 4.09. The molecule has 2 rings (SSSR count). The summed E-state index contributed by atoms with van der Waals surface area (Å²) in [7, 11) is 0. The molecule has 0 unspecified atom stereocenters. The molecule has 1 amide bonds. The summed E-state index contributed by atoms with van der Waals surface area (Å²) < 4.78 is 18.9. The van der Waals surface area contributed by atoms with Crippen LogP contribution in [-0.4, -0.2) is 5.91 Å². The van der Waals surface area contributed by atoms with Crippen molar-refractivity contribution in [1.82, 2.24) is 0 Å². The van der Waals surface area contributed by atoms with Crippen molar-refractivity contribution in [2.45, 2.75) is 0 Å². The molecule has 1 aromatic carbocycles. The molecule has 0 fully saturated rings. The van der Waals surface area contributed by atoms with Crippen molar-refractivity contribution in [2.24, 2.45) is 0 Å². The second kappa shape index (κ2) is 4.89. The van der Waals surface area contributed by atoms with E-state index < -0.39 is 11.7 Å². The molecule has 3 nitrogen and oxygen atoms in total. The van der Waals surface area contributed by atoms with Crippen molar-refractivity contribution >= 4 is 39.1 Å². The molecule has 0 bridgehead atoms. The number of amides is 1. The lowest BCUT2D eigenvalue weighted by molar-refractivity contribution is 0.0996. The van der Waals surface area contributed by atoms with Gasteiger partial charge >= 0.3 is 0 Å². The van der Waals surface area contributed by atoms with Crippen LogP contribution in [0.5, 0.6) is 0 Å². The largest absolute Gasteiger partial charge is 0.440 e. The lowest BCUT2D eigenvalue weighted by atomic mass is 10.3. The number of nitrogens with one attached hydrogen (secondary N) is 1. The third kappa shape index (κ3) is 2.87. The van der Waals surface area contributed by atoms with Crippen LogP contribution in [0.25, 0.3) is 0 Å². The summed E-state index contributed by atoms with van der Waals surface area (Å²) in [4.78, 5) is 11.6. The number of benzene rings is 1. The van der Waals surface area contributed by atoms with Crippen molar-refractivity contribution < 1.29 is 13.6 Å². The molecule has 0 saturated heterocycles. The van der Waals surface area contributed by atoms with E-state index in [1.54, 1.807) is 6.07 Å². The minimum atomic E-state index is -0.557. The Bertz CT molecular complexity index is 570. The molecule has 0 saturated carbocycles. The number of rotatable bonds is 2. The molecule has 0 radical (unpaired) electrons. The Morgan fingerprint density at radius 3 is 2.71 bits per heavy atom. The molecular weight excluding hydrogens is 312 g/mol. The first-order chi connectivity index (χ1) is 8.06. The summed E-state index contributed by atoms with van der Waals surface area (Å²) in [5.41, 5.74) is 0.0747. The number of anilines is 1. The van der Waals surface area contributed by atoms with Gasteiger partial charge in [-0.05, 0) is 41.9 Å². The van der Waals surface area contributed by atoms with Gasteiger partial charge in [0.15, 0.2) is 11.0 Å². The maximum Gasteiger partial charge on any atom is 0.291 e. The van der Waals surface area contributed by atoms with Gasteiger partial charge in [-0.15, -0.1) is 0 Å². The summed E-state index contributed by atoms with van der Waals surface area (Å²) in [6.45, 7) is 0. The fraction of sp³-hybridized carbons (Fsp3) is 0. The molecule has 0 aliphatic carbocycles. The Morgan fingerprint density at radius 1 is 1.35 bits per heavy atom. The second-order valence-electron chi connectivity index (χ2n) is 3.18. The van der Waals surface area contributed by atoms with E-state index in [-0.39, 0.29) is 16.7 Å². The molecule has 0 spiro atoms. The number of carbonyl (C=O) groups excluding carboxylic acids is 1. The van der Waals surface area contributed by atoms with Crippen LogP contribution in [0, 0.1) is 5.82 Å². The van der Waals surface area contributed by atoms with Gasteiger partial charge in [-0.3, -0.25) is 4.79 Å². The highest BCUT2D eigenvalue weighted by molar-refractivity contribution is 9.10. The number of hydrogen-bond donors (Lipinski definition) is 1. The zero-order valence-corrected chi connectivity index (χ0v) is 10.7. The van der Waals surface area contributed by atoms with Gasteiger partial charge in [-0.1, -0.05) is 15.9 Å². The van der Waals surface area contributed by atoms with E-state index >= 15 is 0 Å². The van der Waals surface area contributed by atoms with E-state index in [0.29, 0.717) is 4.47 Å². The summed E-state index contributed by atoms with van der Waals surface area (Å²) in [5, 5.41) is 2.48. The molecule has 1 heterocycles. The van der Waals surface area contributed by atoms with Crippen LogP contribution in [0.2, 0.25) is 5.22 Å². The standard InChI is InChI=1S/C11H6BrClFNO2/c12-6-1-2-8(7(14)5-6)15-11(16)9-3-4-10(13)17-9/h1-5H,(H,15,16). The first-order valence-corrected chi connectivity index (χ1v) is 5.75. The molecule has 0 aliphatic rings. The molecule has 88 valence electrons. The van der Waals surface area contributed by atoms with E-state index in [2.05, 4.69) is 21.2 Å². The highest BCUT2D eigenvalue weighted by atomic mass is 79.9. The molecule has 17 heavy (non-hydrogen) atoms. The van der Waals surface area contributed by atoms with Crippen LogP contribution >= 0.6 is 27.5 Å². The zero-order valence-electron chi connectivity index (χ0n) is 8.34. The van der Waals surface area contributed by atoms with Crippen LogP contribution in [-0.2, 0) is 0 Å². The van der Waals surface area contributed by atoms with E-state index in [4.69, 9.17) is 16.0 Å². The second-order valence-corrected chi connectivity index (χ2v) is 4.47. The van der Waals surface area contributed by atoms with Crippen LogP contribution in [0.3, 0.4) is 0 Å². The average Bonchev–Trinajstić information content (AvgIpc) is 2.69. The lowest BCUT2D eigenvalue weighted by Crippen LogP contribution is -2.11. The van der Waals surface area contributed by atoms with Gasteiger partial charge in [0.2, 0.25) is 0 Å². The SMILES string of the molecule is O=C(Nc1ccc(Br)cc1F)c1ccc(Cl)o1. The van der Waals surface area contributed by atoms with Gasteiger partial charge in [-0.2, -0.15) is 0 Å². The van der Waals surface area contributed by atoms with Gasteiger partial charge in [0.25, 0.3) is 5.91 Å². The predicted molar refractivity (Wildman–Crippen MR) is 65.8 cm³/mol. The minimum Gasteiger partial charge on any atom is -0.440 e. The first kappa shape index (κ1) is 12.1. The maximum atomic E-state index is 13.4. The van der Waals surface area contributed by atoms with Gasteiger partial charge in [-0.25, -0.2) is 4.39 Å². The molecule has 1 aromatic heterocycles. The average molecular weight is 319 g/mol. The Kier molecular flexibility index (Phi) is 3.49. The van der Waals surface area contributed by atoms with Crippen molar-refractivity contribution in [3.8, 4) is 0 Å². The highest BCUT2D eigenvalue weighted by Crippen LogP contribution is 2.21. The van der Waals surface area contributed by atoms with Crippen molar-refractivity contribution in [3.05, 3.63) is 51.6 Å². The Hall–Kier alpha value is -1.33. The summed E-state index contributed by atoms with van der Waals surface area (Å²) in [5.74, 6) is -1.07. The van der Waals surface area contributed by atoms with Crippen molar-refractivity contribution in [1.29, 1.82) is 0 Å². The van der Waals surface area contributed by atoms with E-state index in [0.717, 1.165) is 0 Å². The van der Waals surface area contributed by atoms with Gasteiger partial charge < -0.3 is 9.73 Å². The fourth-order valence-corrected chi connectivity index (χ4v) is 1.69. The molecule has 1 N–H and O–H groups in total. The van der Waals surface area contributed by atoms with Gasteiger partial charge in [0, 0.05) is 4.47 Å². The number of halogens is 3. The van der Waals surface area contributed by atoms with Crippen LogP contribution in [0.1, 0.15) is 10.6 Å². The quantitative estimate of drug-likeness (QED) is 0.906. The van der Waals surface area contributed by atoms with Gasteiger partial charge in [0.05, 0.1) is 5.69 Å². The van der Waals surface area contributed by atoms with Crippen LogP contribution in [0.15, 0.2) is 39.2 Å². The van der Waals surface area contributed by atoms with E-state index in [1.807, 2.05) is 0 Å². The molecule has 0 aliphatic heterocycles. The molecule has 2 aromatic rings. The number of furan rings is 1. The third-order valence-corrected chi connectivity index (χ3v) is 2.67. The third-order valence-electron chi connectivity index (χ3n) is 1.98. The minimum absolute atomic E-state index is 0.0253. The van der Waals surface area contributed by atoms with Crippen LogP contribution in [0.4, 0.5) is 10.1 Å². The normalized spacial score (nSPS) is 10.3. The maximum absolute atomic E-state index is 13.4. The molecule has 0 atom stereocenters. The van der Waals surface area contributed by atoms with E-state index in [1.165, 1.54) is 24.3 Å². The lowest BCUT2D eigenvalue weighted by Gasteiger charge is -2.04. The fourth-order valence-electron chi connectivity index (χ4n) is 1.21. The monoisotopic (exact) mass is 317 g/mol. The summed E-state index contributed by atoms with van der Waals surface area (Å²) >= 11 is 8.65. The van der Waals surface area contributed by atoms with Crippen molar-refractivity contribution in [2.75, 3.05) is 5.32 Å². The smallest absolute Gasteiger partial charge is 0.291 e. The van der Waals surface area contributed by atoms with Crippen LogP contribution < -0.4 is 5.32 Å². The number of hydrogen-bond acceptors (Lipinski definition) is 2. The van der Waals surface area contributed by atoms with E-state index in [9.17, 15) is 9.18 Å². The Labute approximate surface area is 110 Å². The molecular formula is C11H6BrClFNO2. The zero-order chi connectivity index (χ0) is 12.4. The topological polar surface area (TPSA) is 42.2 Å². The van der Waals surface area contributed by atoms with Crippen molar-refractivity contribution in [3.63, 3.8) is 0 Å². The summed E-state index contributed by atoms with van der Waals surface area (Å²) in [6.07, 6.45) is 0.